The van der Waals surface area contributed by atoms with E-state index in [0.717, 1.165) is 49.4 Å². The number of nitrogens with zero attached hydrogens (tertiary/aromatic N) is 1. The van der Waals surface area contributed by atoms with Crippen LogP contribution in [-0.2, 0) is 20.6 Å². The predicted molar refractivity (Wildman–Crippen MR) is 121 cm³/mol. The fourth-order valence-corrected chi connectivity index (χ4v) is 3.56. The first kappa shape index (κ1) is 21.1. The Morgan fingerprint density at radius 1 is 0.800 bits per heavy atom. The summed E-state index contributed by atoms with van der Waals surface area (Å²) in [6, 6.07) is 16.7. The van der Waals surface area contributed by atoms with E-state index in [9.17, 15) is 0 Å². The topological polar surface area (TPSA) is 30.9 Å². The standard InChI is InChI=1S/C25H30BNO3/c1-24(2)25(3,4)30-26(29-24)23-13-11-21(12-14-23)6-5-20-7-9-22(10-8-20)19-27-15-17-28-18-16-27/h7-14H,15-19H2,1-4H3. The lowest BCUT2D eigenvalue weighted by molar-refractivity contribution is 0.00578. The zero-order valence-corrected chi connectivity index (χ0v) is 18.4. The molecule has 4 rings (SSSR count). The zero-order valence-electron chi connectivity index (χ0n) is 18.4. The van der Waals surface area contributed by atoms with Crippen LogP contribution in [0.25, 0.3) is 0 Å². The fourth-order valence-electron chi connectivity index (χ4n) is 3.56. The lowest BCUT2D eigenvalue weighted by Gasteiger charge is -2.32. The Labute approximate surface area is 180 Å². The van der Waals surface area contributed by atoms with Gasteiger partial charge in [0.2, 0.25) is 0 Å². The van der Waals surface area contributed by atoms with Crippen molar-refractivity contribution in [2.75, 3.05) is 26.3 Å². The van der Waals surface area contributed by atoms with Crippen molar-refractivity contribution in [3.05, 3.63) is 65.2 Å². The Morgan fingerprint density at radius 3 is 1.83 bits per heavy atom. The molecule has 2 heterocycles. The van der Waals surface area contributed by atoms with Crippen LogP contribution < -0.4 is 5.46 Å². The second-order valence-corrected chi connectivity index (χ2v) is 9.05. The molecule has 2 saturated heterocycles. The summed E-state index contributed by atoms with van der Waals surface area (Å²) < 4.78 is 17.6. The maximum atomic E-state index is 6.12. The highest BCUT2D eigenvalue weighted by molar-refractivity contribution is 6.62. The van der Waals surface area contributed by atoms with Gasteiger partial charge in [0.25, 0.3) is 0 Å². The molecule has 0 radical (unpaired) electrons. The maximum Gasteiger partial charge on any atom is 0.494 e. The van der Waals surface area contributed by atoms with Crippen molar-refractivity contribution in [1.82, 2.24) is 4.90 Å². The second kappa shape index (κ2) is 8.57. The molecule has 2 aliphatic rings. The molecule has 0 atom stereocenters. The molecule has 156 valence electrons. The highest BCUT2D eigenvalue weighted by atomic mass is 16.7. The van der Waals surface area contributed by atoms with E-state index in [2.05, 4.69) is 68.7 Å². The molecule has 2 aromatic carbocycles. The van der Waals surface area contributed by atoms with Crippen LogP contribution in [-0.4, -0.2) is 49.5 Å². The first-order chi connectivity index (χ1) is 14.3. The van der Waals surface area contributed by atoms with Crippen LogP contribution in [0.1, 0.15) is 44.4 Å². The van der Waals surface area contributed by atoms with E-state index >= 15 is 0 Å². The van der Waals surface area contributed by atoms with Gasteiger partial charge in [-0.3, -0.25) is 4.90 Å². The summed E-state index contributed by atoms with van der Waals surface area (Å²) in [4.78, 5) is 2.42. The average molecular weight is 403 g/mol. The van der Waals surface area contributed by atoms with Gasteiger partial charge in [-0.05, 0) is 63.0 Å². The van der Waals surface area contributed by atoms with Crippen LogP contribution in [0.5, 0.6) is 0 Å². The lowest BCUT2D eigenvalue weighted by atomic mass is 9.79. The highest BCUT2D eigenvalue weighted by Gasteiger charge is 2.51. The molecular formula is C25H30BNO3. The highest BCUT2D eigenvalue weighted by Crippen LogP contribution is 2.36. The van der Waals surface area contributed by atoms with Gasteiger partial charge in [-0.1, -0.05) is 36.1 Å². The van der Waals surface area contributed by atoms with Gasteiger partial charge < -0.3 is 14.0 Å². The fraction of sp³-hybridized carbons (Fsp3) is 0.440. The molecule has 2 aliphatic heterocycles. The van der Waals surface area contributed by atoms with Gasteiger partial charge in [0.15, 0.2) is 0 Å². The summed E-state index contributed by atoms with van der Waals surface area (Å²) in [7, 11) is -0.337. The van der Waals surface area contributed by atoms with Crippen molar-refractivity contribution in [3.8, 4) is 11.8 Å². The van der Waals surface area contributed by atoms with Gasteiger partial charge in [0, 0.05) is 30.8 Å². The van der Waals surface area contributed by atoms with E-state index in [1.807, 2.05) is 24.3 Å². The minimum absolute atomic E-state index is 0.329. The average Bonchev–Trinajstić information content (AvgIpc) is 2.96. The van der Waals surface area contributed by atoms with Gasteiger partial charge in [-0.2, -0.15) is 0 Å². The zero-order chi connectivity index (χ0) is 21.2. The van der Waals surface area contributed by atoms with E-state index < -0.39 is 0 Å². The number of ether oxygens (including phenoxy) is 1. The second-order valence-electron chi connectivity index (χ2n) is 9.05. The van der Waals surface area contributed by atoms with Crippen LogP contribution in [0.15, 0.2) is 48.5 Å². The Kier molecular flexibility index (Phi) is 6.04. The summed E-state index contributed by atoms with van der Waals surface area (Å²) in [5.41, 5.74) is 3.68. The van der Waals surface area contributed by atoms with E-state index in [4.69, 9.17) is 14.0 Å². The minimum atomic E-state index is -0.337. The van der Waals surface area contributed by atoms with Crippen LogP contribution in [0, 0.1) is 11.8 Å². The van der Waals surface area contributed by atoms with Crippen molar-refractivity contribution >= 4 is 12.6 Å². The Hall–Kier alpha value is -2.10. The number of rotatable bonds is 3. The Morgan fingerprint density at radius 2 is 1.30 bits per heavy atom. The van der Waals surface area contributed by atoms with Crippen LogP contribution >= 0.6 is 0 Å². The molecule has 0 aromatic heterocycles. The third kappa shape index (κ3) is 4.79. The largest absolute Gasteiger partial charge is 0.494 e. The number of hydrogen-bond acceptors (Lipinski definition) is 4. The van der Waals surface area contributed by atoms with E-state index in [1.54, 1.807) is 0 Å². The molecular weight excluding hydrogens is 373 g/mol. The van der Waals surface area contributed by atoms with Gasteiger partial charge in [0.05, 0.1) is 24.4 Å². The lowest BCUT2D eigenvalue weighted by Crippen LogP contribution is -2.41. The Bertz CT molecular complexity index is 904. The van der Waals surface area contributed by atoms with Crippen molar-refractivity contribution in [3.63, 3.8) is 0 Å². The number of hydrogen-bond donors (Lipinski definition) is 0. The molecule has 2 fully saturated rings. The van der Waals surface area contributed by atoms with Crippen LogP contribution in [0.3, 0.4) is 0 Å². The molecule has 2 aromatic rings. The van der Waals surface area contributed by atoms with Crippen LogP contribution in [0.2, 0.25) is 0 Å². The molecule has 0 amide bonds. The third-order valence-corrected chi connectivity index (χ3v) is 6.25. The summed E-state index contributed by atoms with van der Waals surface area (Å²) in [6.45, 7) is 12.9. The van der Waals surface area contributed by atoms with Gasteiger partial charge in [0.1, 0.15) is 0 Å². The van der Waals surface area contributed by atoms with Crippen molar-refractivity contribution in [1.29, 1.82) is 0 Å². The van der Waals surface area contributed by atoms with Crippen molar-refractivity contribution < 1.29 is 14.0 Å². The molecule has 0 spiro atoms. The molecule has 5 heteroatoms. The molecule has 4 nitrogen and oxygen atoms in total. The van der Waals surface area contributed by atoms with E-state index in [0.29, 0.717) is 0 Å². The first-order valence-corrected chi connectivity index (χ1v) is 10.7. The van der Waals surface area contributed by atoms with Gasteiger partial charge in [-0.15, -0.1) is 0 Å². The normalized spacial score (nSPS) is 20.6. The Balaban J connectivity index is 1.37. The molecule has 0 unspecified atom stereocenters. The van der Waals surface area contributed by atoms with E-state index in [-0.39, 0.29) is 18.3 Å². The van der Waals surface area contributed by atoms with Crippen molar-refractivity contribution in [2.45, 2.75) is 45.4 Å². The number of benzene rings is 2. The molecule has 0 bridgehead atoms. The molecule has 0 N–H and O–H groups in total. The summed E-state index contributed by atoms with van der Waals surface area (Å²) in [5, 5.41) is 0. The smallest absolute Gasteiger partial charge is 0.399 e. The minimum Gasteiger partial charge on any atom is -0.399 e. The number of morpholine rings is 1. The molecule has 0 saturated carbocycles. The summed E-state index contributed by atoms with van der Waals surface area (Å²) >= 11 is 0. The molecule has 30 heavy (non-hydrogen) atoms. The van der Waals surface area contributed by atoms with Gasteiger partial charge >= 0.3 is 7.12 Å². The quantitative estimate of drug-likeness (QED) is 0.582. The van der Waals surface area contributed by atoms with E-state index in [1.165, 1.54) is 5.56 Å². The maximum absolute atomic E-state index is 6.12. The summed E-state index contributed by atoms with van der Waals surface area (Å²) in [5.74, 6) is 6.51. The SMILES string of the molecule is CC1(C)OB(c2ccc(C#Cc3ccc(CN4CCOCC4)cc3)cc2)OC1(C)C. The summed E-state index contributed by atoms with van der Waals surface area (Å²) in [6.07, 6.45) is 0. The monoisotopic (exact) mass is 403 g/mol. The van der Waals surface area contributed by atoms with Gasteiger partial charge in [-0.25, -0.2) is 0 Å². The molecule has 0 aliphatic carbocycles. The van der Waals surface area contributed by atoms with Crippen LogP contribution in [0.4, 0.5) is 0 Å². The van der Waals surface area contributed by atoms with Crippen molar-refractivity contribution in [2.24, 2.45) is 0 Å². The predicted octanol–water partition coefficient (Wildman–Crippen LogP) is 3.22. The first-order valence-electron chi connectivity index (χ1n) is 10.7. The third-order valence-electron chi connectivity index (χ3n) is 6.25.